The molecule has 0 radical (unpaired) electrons. The molecule has 0 spiro atoms. The molecule has 26 heavy (non-hydrogen) atoms. The Balaban J connectivity index is 2.01. The van der Waals surface area contributed by atoms with Crippen molar-refractivity contribution < 1.29 is 19.1 Å². The minimum absolute atomic E-state index is 0.156. The van der Waals surface area contributed by atoms with Crippen molar-refractivity contribution in [1.82, 2.24) is 4.90 Å². The van der Waals surface area contributed by atoms with E-state index < -0.39 is 22.4 Å². The standard InChI is InChI=1S/C21H27NO4/c1-14(15-9-7-6-8-10-15)22-13-21(18(25)26-19(2,3)4)12-11-16(23)20(21,5)17(22)24/h6-10,14H,11-13H2,1-5H3/t14-,20-,21?/m1/s1. The Bertz CT molecular complexity index is 751. The second kappa shape index (κ2) is 5.93. The van der Waals surface area contributed by atoms with Crippen molar-refractivity contribution >= 4 is 17.7 Å². The normalized spacial score (nSPS) is 29.7. The molecule has 5 nitrogen and oxygen atoms in total. The van der Waals surface area contributed by atoms with Gasteiger partial charge in [-0.25, -0.2) is 0 Å². The summed E-state index contributed by atoms with van der Waals surface area (Å²) >= 11 is 0. The van der Waals surface area contributed by atoms with E-state index in [1.165, 1.54) is 0 Å². The van der Waals surface area contributed by atoms with Gasteiger partial charge in [-0.1, -0.05) is 30.3 Å². The first kappa shape index (κ1) is 18.6. The summed E-state index contributed by atoms with van der Waals surface area (Å²) in [5.41, 5.74) is -2.12. The van der Waals surface area contributed by atoms with Gasteiger partial charge in [0.25, 0.3) is 0 Å². The predicted molar refractivity (Wildman–Crippen MR) is 97.2 cm³/mol. The Labute approximate surface area is 154 Å². The van der Waals surface area contributed by atoms with Crippen LogP contribution in [0.2, 0.25) is 0 Å². The molecule has 5 heteroatoms. The van der Waals surface area contributed by atoms with E-state index in [1.54, 1.807) is 32.6 Å². The first-order chi connectivity index (χ1) is 12.0. The average Bonchev–Trinajstić information content (AvgIpc) is 2.97. The molecule has 1 aromatic rings. The van der Waals surface area contributed by atoms with E-state index in [-0.39, 0.29) is 30.7 Å². The van der Waals surface area contributed by atoms with Crippen LogP contribution in [-0.4, -0.2) is 34.7 Å². The fourth-order valence-corrected chi connectivity index (χ4v) is 4.28. The molecule has 1 aliphatic heterocycles. The number of fused-ring (bicyclic) bond motifs is 1. The minimum atomic E-state index is -1.33. The molecule has 3 rings (SSSR count). The maximum Gasteiger partial charge on any atom is 0.315 e. The second-order valence-electron chi connectivity index (χ2n) is 8.65. The van der Waals surface area contributed by atoms with E-state index in [0.29, 0.717) is 6.42 Å². The summed E-state index contributed by atoms with van der Waals surface area (Å²) in [6.07, 6.45) is 0.607. The lowest BCUT2D eigenvalue weighted by Gasteiger charge is -2.34. The van der Waals surface area contributed by atoms with Gasteiger partial charge in [0.1, 0.15) is 22.2 Å². The van der Waals surface area contributed by atoms with Crippen LogP contribution >= 0.6 is 0 Å². The van der Waals surface area contributed by atoms with Crippen LogP contribution in [0, 0.1) is 10.8 Å². The third kappa shape index (κ3) is 2.56. The van der Waals surface area contributed by atoms with E-state index in [2.05, 4.69) is 0 Å². The quantitative estimate of drug-likeness (QED) is 0.615. The van der Waals surface area contributed by atoms with Gasteiger partial charge in [0.2, 0.25) is 5.91 Å². The number of ketones is 1. The molecule has 1 unspecified atom stereocenters. The third-order valence-corrected chi connectivity index (χ3v) is 5.96. The first-order valence-electron chi connectivity index (χ1n) is 9.16. The number of amides is 1. The number of ether oxygens (including phenoxy) is 1. The summed E-state index contributed by atoms with van der Waals surface area (Å²) in [5, 5.41) is 0. The zero-order valence-electron chi connectivity index (χ0n) is 16.2. The van der Waals surface area contributed by atoms with Gasteiger partial charge in [-0.05, 0) is 46.6 Å². The maximum absolute atomic E-state index is 13.3. The Morgan fingerprint density at radius 1 is 1.19 bits per heavy atom. The molecule has 2 fully saturated rings. The molecule has 1 saturated heterocycles. The molecule has 1 saturated carbocycles. The van der Waals surface area contributed by atoms with E-state index in [9.17, 15) is 14.4 Å². The predicted octanol–water partition coefficient (Wildman–Crippen LogP) is 3.29. The van der Waals surface area contributed by atoms with Crippen molar-refractivity contribution in [3.8, 4) is 0 Å². The van der Waals surface area contributed by atoms with Gasteiger partial charge >= 0.3 is 5.97 Å². The number of hydrogen-bond donors (Lipinski definition) is 0. The van der Waals surface area contributed by atoms with Gasteiger partial charge in [0.05, 0.1) is 6.04 Å². The van der Waals surface area contributed by atoms with Crippen LogP contribution in [0.3, 0.4) is 0 Å². The molecule has 1 heterocycles. The molecule has 1 aromatic carbocycles. The molecule has 2 aliphatic rings. The van der Waals surface area contributed by atoms with Gasteiger partial charge in [-0.2, -0.15) is 0 Å². The topological polar surface area (TPSA) is 63.7 Å². The molecule has 1 amide bonds. The Morgan fingerprint density at radius 3 is 2.38 bits per heavy atom. The van der Waals surface area contributed by atoms with Crippen LogP contribution in [0.5, 0.6) is 0 Å². The van der Waals surface area contributed by atoms with E-state index in [4.69, 9.17) is 4.74 Å². The number of carbonyl (C=O) groups is 3. The van der Waals surface area contributed by atoms with Gasteiger partial charge in [0.15, 0.2) is 0 Å². The fraction of sp³-hybridized carbons (Fsp3) is 0.571. The summed E-state index contributed by atoms with van der Waals surface area (Å²) in [5.74, 6) is -0.854. The molecule has 0 N–H and O–H groups in total. The number of Topliss-reactive ketones (excluding diaryl/α,β-unsaturated/α-hetero) is 1. The number of rotatable bonds is 3. The smallest absolute Gasteiger partial charge is 0.315 e. The Morgan fingerprint density at radius 2 is 1.81 bits per heavy atom. The van der Waals surface area contributed by atoms with Crippen molar-refractivity contribution in [2.24, 2.45) is 10.8 Å². The van der Waals surface area contributed by atoms with Crippen LogP contribution < -0.4 is 0 Å². The number of nitrogens with zero attached hydrogens (tertiary/aromatic N) is 1. The molecular formula is C21H27NO4. The molecule has 3 atom stereocenters. The summed E-state index contributed by atoms with van der Waals surface area (Å²) in [4.78, 5) is 40.8. The number of esters is 1. The summed E-state index contributed by atoms with van der Waals surface area (Å²) in [7, 11) is 0. The summed E-state index contributed by atoms with van der Waals surface area (Å²) in [6, 6.07) is 9.46. The van der Waals surface area contributed by atoms with Crippen molar-refractivity contribution in [2.45, 2.75) is 59.1 Å². The highest BCUT2D eigenvalue weighted by molar-refractivity contribution is 6.14. The minimum Gasteiger partial charge on any atom is -0.459 e. The molecule has 1 aliphatic carbocycles. The molecule has 0 aromatic heterocycles. The second-order valence-corrected chi connectivity index (χ2v) is 8.65. The van der Waals surface area contributed by atoms with Crippen LogP contribution in [0.1, 0.15) is 59.1 Å². The highest BCUT2D eigenvalue weighted by atomic mass is 16.6. The SMILES string of the molecule is C[C@H](c1ccccc1)N1CC2(C(=O)OC(C)(C)C)CCC(=O)[C@]2(C)C1=O. The van der Waals surface area contributed by atoms with E-state index in [1.807, 2.05) is 37.3 Å². The number of likely N-dealkylation sites (tertiary alicyclic amines) is 1. The fourth-order valence-electron chi connectivity index (χ4n) is 4.28. The van der Waals surface area contributed by atoms with Crippen molar-refractivity contribution in [3.05, 3.63) is 35.9 Å². The number of benzene rings is 1. The van der Waals surface area contributed by atoms with E-state index in [0.717, 1.165) is 5.56 Å². The molecule has 140 valence electrons. The summed E-state index contributed by atoms with van der Waals surface area (Å²) < 4.78 is 5.65. The van der Waals surface area contributed by atoms with Gasteiger partial charge < -0.3 is 9.64 Å². The Kier molecular flexibility index (Phi) is 4.25. The lowest BCUT2D eigenvalue weighted by atomic mass is 9.68. The van der Waals surface area contributed by atoms with Gasteiger partial charge in [-0.3, -0.25) is 14.4 Å². The highest BCUT2D eigenvalue weighted by Gasteiger charge is 2.72. The Hall–Kier alpha value is -2.17. The van der Waals surface area contributed by atoms with Gasteiger partial charge in [0, 0.05) is 13.0 Å². The zero-order valence-corrected chi connectivity index (χ0v) is 16.2. The summed E-state index contributed by atoms with van der Waals surface area (Å²) in [6.45, 7) is 9.20. The molecular weight excluding hydrogens is 330 g/mol. The van der Waals surface area contributed by atoms with Crippen LogP contribution in [-0.2, 0) is 19.1 Å². The van der Waals surface area contributed by atoms with Crippen LogP contribution in [0.15, 0.2) is 30.3 Å². The highest BCUT2D eigenvalue weighted by Crippen LogP contribution is 2.58. The van der Waals surface area contributed by atoms with Crippen molar-refractivity contribution in [2.75, 3.05) is 6.54 Å². The lowest BCUT2D eigenvalue weighted by molar-refractivity contribution is -0.173. The van der Waals surface area contributed by atoms with Gasteiger partial charge in [-0.15, -0.1) is 0 Å². The van der Waals surface area contributed by atoms with E-state index >= 15 is 0 Å². The van der Waals surface area contributed by atoms with Crippen LogP contribution in [0.25, 0.3) is 0 Å². The number of carbonyl (C=O) groups excluding carboxylic acids is 3. The number of hydrogen-bond acceptors (Lipinski definition) is 4. The van der Waals surface area contributed by atoms with Crippen LogP contribution in [0.4, 0.5) is 0 Å². The lowest BCUT2D eigenvalue weighted by Crippen LogP contribution is -2.48. The largest absolute Gasteiger partial charge is 0.459 e. The molecule has 0 bridgehead atoms. The zero-order chi connectivity index (χ0) is 19.3. The monoisotopic (exact) mass is 357 g/mol. The average molecular weight is 357 g/mol. The van der Waals surface area contributed by atoms with Crippen molar-refractivity contribution in [1.29, 1.82) is 0 Å². The first-order valence-corrected chi connectivity index (χ1v) is 9.16. The maximum atomic E-state index is 13.3. The third-order valence-electron chi connectivity index (χ3n) is 5.96. The van der Waals surface area contributed by atoms with Crippen molar-refractivity contribution in [3.63, 3.8) is 0 Å².